The van der Waals surface area contributed by atoms with E-state index in [-0.39, 0.29) is 59.6 Å². The summed E-state index contributed by atoms with van der Waals surface area (Å²) in [5.74, 6) is -0.0886. The first-order chi connectivity index (χ1) is 37.5. The van der Waals surface area contributed by atoms with E-state index in [1.54, 1.807) is 9.80 Å². The summed E-state index contributed by atoms with van der Waals surface area (Å²) in [4.78, 5) is 87.4. The number of rotatable bonds is 13. The molecule has 78 heavy (non-hydrogen) atoms. The average Bonchev–Trinajstić information content (AvgIpc) is 4.29. The van der Waals surface area contributed by atoms with E-state index in [1.165, 1.54) is 20.8 Å². The summed E-state index contributed by atoms with van der Waals surface area (Å²) in [6.45, 7) is 8.93. The van der Waals surface area contributed by atoms with Gasteiger partial charge in [-0.15, -0.1) is 0 Å². The fraction of sp³-hybridized carbons (Fsp3) is 0.266. The number of Topliss-reactive ketones (excluding diaryl/α,β-unsaturated/α-hetero) is 2. The molecule has 6 aromatic carbocycles. The largest absolute Gasteiger partial charge is 0.456 e. The number of ketones is 2. The zero-order valence-electron chi connectivity index (χ0n) is 44.5. The summed E-state index contributed by atoms with van der Waals surface area (Å²) >= 11 is 0. The lowest BCUT2D eigenvalue weighted by molar-refractivity contribution is -0.156. The molecule has 0 bridgehead atoms. The monoisotopic (exact) mass is 1050 g/mol. The van der Waals surface area contributed by atoms with Crippen LogP contribution < -0.4 is 11.1 Å². The van der Waals surface area contributed by atoms with Gasteiger partial charge in [-0.2, -0.15) is 0 Å². The zero-order chi connectivity index (χ0) is 55.5. The van der Waals surface area contributed by atoms with Crippen LogP contribution in [-0.4, -0.2) is 76.2 Å². The molecule has 0 radical (unpaired) electrons. The molecule has 2 fully saturated rings. The number of likely N-dealkylation sites (tertiary alicyclic amines) is 2. The van der Waals surface area contributed by atoms with Crippen LogP contribution in [0.3, 0.4) is 0 Å². The van der Waals surface area contributed by atoms with Gasteiger partial charge < -0.3 is 34.4 Å². The number of amides is 3. The Bertz CT molecular complexity index is 3430. The lowest BCUT2D eigenvalue weighted by Gasteiger charge is -2.27. The molecule has 0 spiro atoms. The molecule has 2 aliphatic heterocycles. The number of anilines is 2. The predicted molar refractivity (Wildman–Crippen MR) is 301 cm³/mol. The van der Waals surface area contributed by atoms with Crippen molar-refractivity contribution < 1.29 is 47.1 Å². The maximum atomic E-state index is 13.3. The minimum Gasteiger partial charge on any atom is -0.456 e. The number of ether oxygens (including phenoxy) is 1. The van der Waals surface area contributed by atoms with Crippen molar-refractivity contribution >= 4 is 74.5 Å². The maximum Gasteiger partial charge on any atom is 0.310 e. The van der Waals surface area contributed by atoms with Crippen LogP contribution in [0, 0.1) is 0 Å². The quantitative estimate of drug-likeness (QED) is 0.0632. The van der Waals surface area contributed by atoms with Gasteiger partial charge in [0, 0.05) is 80.0 Å². The molecule has 0 aliphatic carbocycles. The molecular formula is C64H64N4O10. The molecule has 3 N–H and O–H groups in total. The van der Waals surface area contributed by atoms with Gasteiger partial charge in [0.1, 0.15) is 22.7 Å². The van der Waals surface area contributed by atoms with Crippen LogP contribution in [0.5, 0.6) is 0 Å². The summed E-state index contributed by atoms with van der Waals surface area (Å²) in [5.41, 5.74) is 14.4. The smallest absolute Gasteiger partial charge is 0.310 e. The molecule has 3 amide bonds. The fourth-order valence-corrected chi connectivity index (χ4v) is 10.1. The number of nitrogens with zero attached hydrogens (tertiary/aromatic N) is 2. The normalized spacial score (nSPS) is 15.6. The third kappa shape index (κ3) is 13.9. The molecule has 4 heterocycles. The van der Waals surface area contributed by atoms with Crippen molar-refractivity contribution in [3.05, 3.63) is 180 Å². The first kappa shape index (κ1) is 55.3. The Morgan fingerprint density at radius 2 is 0.962 bits per heavy atom. The molecule has 2 unspecified atom stereocenters. The van der Waals surface area contributed by atoms with Gasteiger partial charge in [-0.3, -0.25) is 33.6 Å². The van der Waals surface area contributed by atoms with Crippen molar-refractivity contribution in [2.24, 2.45) is 0 Å². The van der Waals surface area contributed by atoms with Crippen molar-refractivity contribution in [3.63, 3.8) is 0 Å². The number of carbonyl (C=O) groups is 7. The highest BCUT2D eigenvalue weighted by Gasteiger charge is 2.37. The lowest BCUT2D eigenvalue weighted by atomic mass is 9.97. The number of benzene rings is 6. The third-order valence-electron chi connectivity index (χ3n) is 14.0. The minimum absolute atomic E-state index is 0.0153. The van der Waals surface area contributed by atoms with Gasteiger partial charge in [-0.25, -0.2) is 0 Å². The average molecular weight is 1050 g/mol. The number of nitrogen functional groups attached to an aromatic ring is 1. The Kier molecular flexibility index (Phi) is 17.9. The van der Waals surface area contributed by atoms with Crippen LogP contribution in [-0.2, 0) is 51.1 Å². The Labute approximate surface area is 453 Å². The number of carbonyl (C=O) groups excluding carboxylic acids is 7. The predicted octanol–water partition coefficient (Wildman–Crippen LogP) is 11.6. The van der Waals surface area contributed by atoms with Gasteiger partial charge in [-0.05, 0) is 147 Å². The SMILES string of the molecule is CC(=O)Nc1ccc(-c2cc3cc(CC(=O)C4CCCN4C(=O)[C@H](C)c4ccccc4)ccc3o2)cc1.CC(=O)OC(C)=O.C[C@@H](C(=O)N1CCCC1C(=O)Cc1ccc2oc(-c3ccc(N)cc3)cc2c1)c1ccccc1. The minimum atomic E-state index is -0.562. The van der Waals surface area contributed by atoms with Gasteiger partial charge in [0.15, 0.2) is 11.6 Å². The van der Waals surface area contributed by atoms with Gasteiger partial charge in [0.05, 0.1) is 23.9 Å². The molecule has 4 atom stereocenters. The van der Waals surface area contributed by atoms with E-state index in [0.29, 0.717) is 31.6 Å². The highest BCUT2D eigenvalue weighted by molar-refractivity contribution is 5.95. The first-order valence-electron chi connectivity index (χ1n) is 26.3. The molecule has 14 heteroatoms. The zero-order valence-corrected chi connectivity index (χ0v) is 44.5. The Hall–Kier alpha value is -8.91. The van der Waals surface area contributed by atoms with E-state index in [2.05, 4.69) is 10.1 Å². The molecule has 2 aliphatic rings. The van der Waals surface area contributed by atoms with Crippen LogP contribution in [0.15, 0.2) is 167 Å². The molecular weight excluding hydrogens is 985 g/mol. The van der Waals surface area contributed by atoms with Crippen molar-refractivity contribution in [1.29, 1.82) is 0 Å². The topological polar surface area (TPSA) is 200 Å². The van der Waals surface area contributed by atoms with E-state index < -0.39 is 11.9 Å². The van der Waals surface area contributed by atoms with Gasteiger partial charge in [0.25, 0.3) is 0 Å². The highest BCUT2D eigenvalue weighted by atomic mass is 16.6. The van der Waals surface area contributed by atoms with E-state index in [4.69, 9.17) is 14.6 Å². The number of nitrogens with one attached hydrogen (secondary N) is 1. The summed E-state index contributed by atoms with van der Waals surface area (Å²) in [6.07, 6.45) is 3.70. The lowest BCUT2D eigenvalue weighted by Crippen LogP contribution is -2.43. The molecule has 0 saturated carbocycles. The summed E-state index contributed by atoms with van der Waals surface area (Å²) in [5, 5.41) is 4.63. The second-order valence-corrected chi connectivity index (χ2v) is 19.9. The first-order valence-corrected chi connectivity index (χ1v) is 26.3. The van der Waals surface area contributed by atoms with Crippen LogP contribution in [0.2, 0.25) is 0 Å². The molecule has 14 nitrogen and oxygen atoms in total. The number of nitrogens with two attached hydrogens (primary N) is 1. The van der Waals surface area contributed by atoms with Gasteiger partial charge in [-0.1, -0.05) is 72.8 Å². The molecule has 2 saturated heterocycles. The standard InChI is InChI=1S/C31H30N2O4.C29H28N2O3.C4H6O3/c1-20(23-7-4-3-5-8-23)31(36)33-16-6-9-27(33)28(35)18-22-10-15-29-25(17-22)19-30(37-29)24-11-13-26(14-12-24)32-21(2)34;1-19(21-6-3-2-4-7-21)29(33)31-15-5-8-25(31)26(32)17-20-9-14-27-23(16-20)18-28(34-27)22-10-12-24(30)13-11-22;1-3(5)7-4(2)6/h3-5,7-8,10-15,17,19-20,27H,6,9,16,18H2,1-2H3,(H,32,34);2-4,6-7,9-14,16,18-19,25H,5,8,15,17,30H2,1H3;1-2H3/t20-,27?;19-,25?;/m11./s1. The van der Waals surface area contributed by atoms with E-state index >= 15 is 0 Å². The van der Waals surface area contributed by atoms with Crippen molar-refractivity contribution in [2.45, 2.75) is 97.1 Å². The number of fused-ring (bicyclic) bond motifs is 2. The number of furan rings is 2. The Balaban J connectivity index is 0.000000184. The summed E-state index contributed by atoms with van der Waals surface area (Å²) in [7, 11) is 0. The van der Waals surface area contributed by atoms with Crippen LogP contribution in [0.1, 0.15) is 94.4 Å². The van der Waals surface area contributed by atoms with Crippen LogP contribution >= 0.6 is 0 Å². The second kappa shape index (κ2) is 25.3. The Morgan fingerprint density at radius 3 is 1.35 bits per heavy atom. The fourth-order valence-electron chi connectivity index (χ4n) is 10.1. The van der Waals surface area contributed by atoms with Crippen molar-refractivity contribution in [2.75, 3.05) is 24.1 Å². The second-order valence-electron chi connectivity index (χ2n) is 19.9. The number of hydrogen-bond acceptors (Lipinski definition) is 11. The molecule has 8 aromatic rings. The molecule has 2 aromatic heterocycles. The van der Waals surface area contributed by atoms with Crippen LogP contribution in [0.4, 0.5) is 11.4 Å². The third-order valence-corrected chi connectivity index (χ3v) is 14.0. The summed E-state index contributed by atoms with van der Waals surface area (Å²) in [6, 6.07) is 49.4. The van der Waals surface area contributed by atoms with E-state index in [1.807, 2.05) is 172 Å². The van der Waals surface area contributed by atoms with Gasteiger partial charge >= 0.3 is 11.9 Å². The number of hydrogen-bond donors (Lipinski definition) is 2. The van der Waals surface area contributed by atoms with Crippen molar-refractivity contribution in [3.8, 4) is 22.6 Å². The van der Waals surface area contributed by atoms with Crippen LogP contribution in [0.25, 0.3) is 44.6 Å². The number of esters is 2. The van der Waals surface area contributed by atoms with E-state index in [9.17, 15) is 33.6 Å². The molecule has 400 valence electrons. The highest BCUT2D eigenvalue weighted by Crippen LogP contribution is 2.33. The van der Waals surface area contributed by atoms with Gasteiger partial charge in [0.2, 0.25) is 17.7 Å². The van der Waals surface area contributed by atoms with Crippen molar-refractivity contribution in [1.82, 2.24) is 9.80 Å². The van der Waals surface area contributed by atoms with E-state index in [0.717, 1.165) is 91.8 Å². The molecule has 10 rings (SSSR count). The summed E-state index contributed by atoms with van der Waals surface area (Å²) < 4.78 is 16.0. The Morgan fingerprint density at radius 1 is 0.551 bits per heavy atom. The maximum absolute atomic E-state index is 13.3.